The molecule has 116 valence electrons. The predicted molar refractivity (Wildman–Crippen MR) is 78.8 cm³/mol. The number of alkyl carbamates (subject to hydrolysis) is 2. The van der Waals surface area contributed by atoms with Gasteiger partial charge in [0.1, 0.15) is 12.2 Å². The van der Waals surface area contributed by atoms with Gasteiger partial charge in [0, 0.05) is 13.6 Å². The standard InChI is InChI=1S/C15H22N2O4/c1-15(2,3)21-14(19)17-9-11-7-5-6-8-12(11)10-20-13(18)16-4/h5-8H,9-10H2,1-4H3,(H,16,18)(H,17,19). The summed E-state index contributed by atoms with van der Waals surface area (Å²) in [7, 11) is 1.50. The van der Waals surface area contributed by atoms with Gasteiger partial charge in [0.15, 0.2) is 0 Å². The van der Waals surface area contributed by atoms with Gasteiger partial charge in [-0.3, -0.25) is 0 Å². The van der Waals surface area contributed by atoms with Crippen LogP contribution in [0.15, 0.2) is 24.3 Å². The van der Waals surface area contributed by atoms with E-state index in [4.69, 9.17) is 9.47 Å². The second-order valence-corrected chi connectivity index (χ2v) is 5.45. The molecule has 6 nitrogen and oxygen atoms in total. The molecule has 2 amide bonds. The van der Waals surface area contributed by atoms with Gasteiger partial charge in [0.05, 0.1) is 0 Å². The Kier molecular flexibility index (Phi) is 6.02. The lowest BCUT2D eigenvalue weighted by Crippen LogP contribution is -2.32. The highest BCUT2D eigenvalue weighted by atomic mass is 16.6. The van der Waals surface area contributed by atoms with Crippen molar-refractivity contribution in [3.05, 3.63) is 35.4 Å². The number of benzene rings is 1. The summed E-state index contributed by atoms with van der Waals surface area (Å²) in [5.74, 6) is 0. The Morgan fingerprint density at radius 1 is 1.10 bits per heavy atom. The molecule has 0 bridgehead atoms. The zero-order valence-corrected chi connectivity index (χ0v) is 12.9. The van der Waals surface area contributed by atoms with Crippen molar-refractivity contribution in [3.63, 3.8) is 0 Å². The minimum atomic E-state index is -0.536. The van der Waals surface area contributed by atoms with Gasteiger partial charge in [-0.15, -0.1) is 0 Å². The molecule has 0 aromatic heterocycles. The van der Waals surface area contributed by atoms with Crippen LogP contribution >= 0.6 is 0 Å². The molecule has 6 heteroatoms. The van der Waals surface area contributed by atoms with Gasteiger partial charge < -0.3 is 20.1 Å². The van der Waals surface area contributed by atoms with Crippen molar-refractivity contribution in [1.82, 2.24) is 10.6 Å². The van der Waals surface area contributed by atoms with Gasteiger partial charge in [-0.1, -0.05) is 24.3 Å². The predicted octanol–water partition coefficient (Wildman–Crippen LogP) is 2.57. The molecule has 0 radical (unpaired) electrons. The van der Waals surface area contributed by atoms with E-state index in [1.165, 1.54) is 7.05 Å². The quantitative estimate of drug-likeness (QED) is 0.894. The molecular weight excluding hydrogens is 272 g/mol. The maximum atomic E-state index is 11.6. The fourth-order valence-electron chi connectivity index (χ4n) is 1.57. The van der Waals surface area contributed by atoms with Crippen molar-refractivity contribution in [1.29, 1.82) is 0 Å². The van der Waals surface area contributed by atoms with E-state index in [-0.39, 0.29) is 6.61 Å². The van der Waals surface area contributed by atoms with Crippen LogP contribution < -0.4 is 10.6 Å². The maximum absolute atomic E-state index is 11.6. The number of carbonyl (C=O) groups excluding carboxylic acids is 2. The number of nitrogens with one attached hydrogen (secondary N) is 2. The summed E-state index contributed by atoms with van der Waals surface area (Å²) in [4.78, 5) is 22.7. The highest BCUT2D eigenvalue weighted by Crippen LogP contribution is 2.11. The first-order chi connectivity index (χ1) is 9.81. The SMILES string of the molecule is CNC(=O)OCc1ccccc1CNC(=O)OC(C)(C)C. The van der Waals surface area contributed by atoms with Crippen LogP contribution in [0.2, 0.25) is 0 Å². The van der Waals surface area contributed by atoms with E-state index in [0.29, 0.717) is 6.54 Å². The lowest BCUT2D eigenvalue weighted by Gasteiger charge is -2.20. The van der Waals surface area contributed by atoms with Crippen molar-refractivity contribution >= 4 is 12.2 Å². The molecule has 0 saturated heterocycles. The van der Waals surface area contributed by atoms with Crippen LogP contribution in [0.5, 0.6) is 0 Å². The summed E-state index contributed by atoms with van der Waals surface area (Å²) in [5.41, 5.74) is 1.16. The van der Waals surface area contributed by atoms with Gasteiger partial charge in [0.2, 0.25) is 0 Å². The van der Waals surface area contributed by atoms with Crippen molar-refractivity contribution in [2.45, 2.75) is 39.5 Å². The van der Waals surface area contributed by atoms with E-state index in [2.05, 4.69) is 10.6 Å². The fourth-order valence-corrected chi connectivity index (χ4v) is 1.57. The minimum absolute atomic E-state index is 0.145. The van der Waals surface area contributed by atoms with Crippen LogP contribution in [0.25, 0.3) is 0 Å². The Balaban J connectivity index is 2.59. The van der Waals surface area contributed by atoms with Crippen molar-refractivity contribution < 1.29 is 19.1 Å². The topological polar surface area (TPSA) is 76.7 Å². The lowest BCUT2D eigenvalue weighted by molar-refractivity contribution is 0.0523. The second kappa shape index (κ2) is 7.52. The molecule has 0 aliphatic carbocycles. The van der Waals surface area contributed by atoms with Crippen molar-refractivity contribution in [3.8, 4) is 0 Å². The number of amides is 2. The Hall–Kier alpha value is -2.24. The van der Waals surface area contributed by atoms with Crippen LogP contribution in [0.4, 0.5) is 9.59 Å². The van der Waals surface area contributed by atoms with Crippen molar-refractivity contribution in [2.24, 2.45) is 0 Å². The maximum Gasteiger partial charge on any atom is 0.407 e. The van der Waals surface area contributed by atoms with Crippen LogP contribution in [0.3, 0.4) is 0 Å². The first kappa shape index (κ1) is 16.8. The zero-order chi connectivity index (χ0) is 15.9. The van der Waals surface area contributed by atoms with Gasteiger partial charge in [-0.25, -0.2) is 9.59 Å². The highest BCUT2D eigenvalue weighted by Gasteiger charge is 2.16. The molecule has 0 aliphatic heterocycles. The summed E-state index contributed by atoms with van der Waals surface area (Å²) >= 11 is 0. The Bertz CT molecular complexity index is 495. The third-order valence-electron chi connectivity index (χ3n) is 2.50. The van der Waals surface area contributed by atoms with Crippen LogP contribution in [0.1, 0.15) is 31.9 Å². The Morgan fingerprint density at radius 2 is 1.71 bits per heavy atom. The number of rotatable bonds is 4. The summed E-state index contributed by atoms with van der Waals surface area (Å²) < 4.78 is 10.2. The number of ether oxygens (including phenoxy) is 2. The van der Waals surface area contributed by atoms with E-state index in [9.17, 15) is 9.59 Å². The smallest absolute Gasteiger partial charge is 0.407 e. The summed E-state index contributed by atoms with van der Waals surface area (Å²) in [6.07, 6.45) is -0.977. The number of hydrogen-bond donors (Lipinski definition) is 2. The van der Waals surface area contributed by atoms with E-state index < -0.39 is 17.8 Å². The molecule has 21 heavy (non-hydrogen) atoms. The van der Waals surface area contributed by atoms with E-state index >= 15 is 0 Å². The highest BCUT2D eigenvalue weighted by molar-refractivity contribution is 5.68. The summed E-state index contributed by atoms with van der Waals surface area (Å²) in [6.45, 7) is 5.86. The molecule has 1 aromatic rings. The summed E-state index contributed by atoms with van der Waals surface area (Å²) in [6, 6.07) is 7.41. The van der Waals surface area contributed by atoms with Crippen molar-refractivity contribution in [2.75, 3.05) is 7.05 Å². The fraction of sp³-hybridized carbons (Fsp3) is 0.467. The molecule has 0 fully saturated rings. The van der Waals surface area contributed by atoms with E-state index in [1.54, 1.807) is 20.8 Å². The first-order valence-corrected chi connectivity index (χ1v) is 6.70. The average molecular weight is 294 g/mol. The van der Waals surface area contributed by atoms with Gasteiger partial charge >= 0.3 is 12.2 Å². The van der Waals surface area contributed by atoms with Gasteiger partial charge in [-0.05, 0) is 31.9 Å². The van der Waals surface area contributed by atoms with Crippen LogP contribution in [0, 0.1) is 0 Å². The Morgan fingerprint density at radius 3 is 2.29 bits per heavy atom. The molecular formula is C15H22N2O4. The second-order valence-electron chi connectivity index (χ2n) is 5.45. The van der Waals surface area contributed by atoms with Crippen LogP contribution in [-0.4, -0.2) is 24.8 Å². The molecule has 0 atom stereocenters. The molecule has 0 aliphatic rings. The minimum Gasteiger partial charge on any atom is -0.445 e. The molecule has 0 spiro atoms. The Labute approximate surface area is 124 Å². The number of carbonyl (C=O) groups is 2. The number of hydrogen-bond acceptors (Lipinski definition) is 4. The molecule has 0 saturated carbocycles. The molecule has 0 heterocycles. The monoisotopic (exact) mass is 294 g/mol. The third-order valence-corrected chi connectivity index (χ3v) is 2.50. The van der Waals surface area contributed by atoms with E-state index in [0.717, 1.165) is 11.1 Å². The average Bonchev–Trinajstić information content (AvgIpc) is 2.41. The normalized spacial score (nSPS) is 10.7. The molecule has 1 aromatic carbocycles. The van der Waals surface area contributed by atoms with Gasteiger partial charge in [0.25, 0.3) is 0 Å². The van der Waals surface area contributed by atoms with Gasteiger partial charge in [-0.2, -0.15) is 0 Å². The molecule has 0 unspecified atom stereocenters. The molecule has 1 rings (SSSR count). The third kappa shape index (κ3) is 6.65. The molecule has 2 N–H and O–H groups in total. The van der Waals surface area contributed by atoms with E-state index in [1.807, 2.05) is 24.3 Å². The van der Waals surface area contributed by atoms with Crippen LogP contribution in [-0.2, 0) is 22.6 Å². The first-order valence-electron chi connectivity index (χ1n) is 6.70. The largest absolute Gasteiger partial charge is 0.445 e. The zero-order valence-electron chi connectivity index (χ0n) is 12.9. The summed E-state index contributed by atoms with van der Waals surface area (Å²) in [5, 5.41) is 5.06. The lowest BCUT2D eigenvalue weighted by atomic mass is 10.1.